The third-order valence-electron chi connectivity index (χ3n) is 8.08. The first-order valence-electron chi connectivity index (χ1n) is 12.3. The van der Waals surface area contributed by atoms with Crippen LogP contribution in [0, 0.1) is 17.8 Å². The number of rotatable bonds is 3. The van der Waals surface area contributed by atoms with E-state index in [1.54, 1.807) is 30.0 Å². The summed E-state index contributed by atoms with van der Waals surface area (Å²) in [5, 5.41) is 10.5. The number of benzene rings is 2. The molecule has 1 aliphatic heterocycles. The van der Waals surface area contributed by atoms with Crippen molar-refractivity contribution in [3.63, 3.8) is 0 Å². The van der Waals surface area contributed by atoms with Crippen LogP contribution in [0.25, 0.3) is 28.0 Å². The minimum absolute atomic E-state index is 0.0183. The maximum absolute atomic E-state index is 13.8. The van der Waals surface area contributed by atoms with Crippen molar-refractivity contribution < 1.29 is 28.6 Å². The SMILES string of the molecule is CC1OC(=O)c2cc3oc4ccc(/C=C/C(=O)O)cc4c3cc2N1C(=O)C1CCC2CCC2CC1. The normalized spacial score (nSPS) is 26.2. The van der Waals surface area contributed by atoms with E-state index in [9.17, 15) is 14.4 Å². The van der Waals surface area contributed by atoms with Crippen LogP contribution in [-0.4, -0.2) is 29.2 Å². The first-order valence-corrected chi connectivity index (χ1v) is 12.3. The lowest BCUT2D eigenvalue weighted by Gasteiger charge is -2.36. The number of aliphatic carboxylic acids is 1. The fourth-order valence-corrected chi connectivity index (χ4v) is 6.04. The lowest BCUT2D eigenvalue weighted by atomic mass is 9.71. The highest BCUT2D eigenvalue weighted by Gasteiger charge is 2.41. The standard InChI is InChI=1S/C28H27NO6/c1-15-29(27(32)19-8-6-17-4-5-18(17)7-9-19)23-13-21-20-12-16(3-11-26(30)31)2-10-24(20)35-25(21)14-22(23)28(33)34-15/h2-3,10-15,17-19H,4-9H2,1H3,(H,30,31)/b11-3+. The van der Waals surface area contributed by atoms with Crippen LogP contribution in [0.15, 0.2) is 40.8 Å². The molecule has 6 rings (SSSR count). The minimum Gasteiger partial charge on any atom is -0.478 e. The number of hydrogen-bond donors (Lipinski definition) is 1. The number of carboxylic acids is 1. The topological polar surface area (TPSA) is 97.0 Å². The van der Waals surface area contributed by atoms with E-state index in [0.29, 0.717) is 28.0 Å². The number of hydrogen-bond acceptors (Lipinski definition) is 5. The first-order chi connectivity index (χ1) is 16.9. The predicted octanol–water partition coefficient (Wildman–Crippen LogP) is 5.75. The van der Waals surface area contributed by atoms with Crippen molar-refractivity contribution in [1.82, 2.24) is 0 Å². The Bertz CT molecular complexity index is 1390. The average Bonchev–Trinajstić information content (AvgIpc) is 3.09. The molecule has 2 aliphatic carbocycles. The average molecular weight is 474 g/mol. The fraction of sp³-hybridized carbons (Fsp3) is 0.393. The van der Waals surface area contributed by atoms with E-state index in [0.717, 1.165) is 54.4 Å². The molecule has 3 aliphatic rings. The highest BCUT2D eigenvalue weighted by atomic mass is 16.6. The number of amides is 1. The van der Waals surface area contributed by atoms with Gasteiger partial charge in [-0.05, 0) is 93.2 Å². The smallest absolute Gasteiger partial charge is 0.342 e. The van der Waals surface area contributed by atoms with E-state index in [1.165, 1.54) is 18.9 Å². The Morgan fingerprint density at radius 1 is 0.971 bits per heavy atom. The first kappa shape index (κ1) is 21.9. The second-order valence-corrected chi connectivity index (χ2v) is 10.1. The van der Waals surface area contributed by atoms with Crippen LogP contribution in [0.3, 0.4) is 0 Å². The molecule has 3 aromatic rings. The van der Waals surface area contributed by atoms with Gasteiger partial charge in [0, 0.05) is 22.8 Å². The quantitative estimate of drug-likeness (QED) is 0.384. The number of carbonyl (C=O) groups is 3. The molecular weight excluding hydrogens is 446 g/mol. The Kier molecular flexibility index (Phi) is 5.16. The molecule has 7 heteroatoms. The molecule has 35 heavy (non-hydrogen) atoms. The third kappa shape index (κ3) is 3.70. The molecule has 1 N–H and O–H groups in total. The molecule has 2 fully saturated rings. The largest absolute Gasteiger partial charge is 0.478 e. The zero-order chi connectivity index (χ0) is 24.3. The molecule has 2 heterocycles. The predicted molar refractivity (Wildman–Crippen MR) is 131 cm³/mol. The van der Waals surface area contributed by atoms with Crippen LogP contribution in [0.5, 0.6) is 0 Å². The summed E-state index contributed by atoms with van der Waals surface area (Å²) >= 11 is 0. The zero-order valence-electron chi connectivity index (χ0n) is 19.5. The van der Waals surface area contributed by atoms with E-state index in [-0.39, 0.29) is 11.8 Å². The molecule has 0 radical (unpaired) electrons. The minimum atomic E-state index is -1.02. The molecule has 1 aromatic heterocycles. The van der Waals surface area contributed by atoms with Crippen LogP contribution < -0.4 is 4.90 Å². The number of nitrogens with zero attached hydrogens (tertiary/aromatic N) is 1. The highest BCUT2D eigenvalue weighted by molar-refractivity contribution is 6.13. The lowest BCUT2D eigenvalue weighted by Crippen LogP contribution is -2.48. The van der Waals surface area contributed by atoms with Gasteiger partial charge in [0.15, 0.2) is 6.23 Å². The Balaban J connectivity index is 1.42. The van der Waals surface area contributed by atoms with Crippen molar-refractivity contribution >= 4 is 51.5 Å². The molecule has 0 saturated heterocycles. The summed E-state index contributed by atoms with van der Waals surface area (Å²) in [6.45, 7) is 1.74. The molecule has 7 nitrogen and oxygen atoms in total. The number of carboxylic acid groups (broad SMARTS) is 1. The van der Waals surface area contributed by atoms with Gasteiger partial charge in [0.25, 0.3) is 0 Å². The lowest BCUT2D eigenvalue weighted by molar-refractivity contribution is -0.131. The molecule has 180 valence electrons. The van der Waals surface area contributed by atoms with Gasteiger partial charge in [-0.1, -0.05) is 6.07 Å². The number of anilines is 1. The summed E-state index contributed by atoms with van der Waals surface area (Å²) in [6.07, 6.45) is 8.42. The third-order valence-corrected chi connectivity index (χ3v) is 8.08. The van der Waals surface area contributed by atoms with Crippen LogP contribution in [-0.2, 0) is 14.3 Å². The van der Waals surface area contributed by atoms with Crippen LogP contribution in [0.1, 0.15) is 61.4 Å². The monoisotopic (exact) mass is 473 g/mol. The van der Waals surface area contributed by atoms with Crippen LogP contribution >= 0.6 is 0 Å². The molecule has 1 amide bonds. The molecule has 0 bridgehead atoms. The van der Waals surface area contributed by atoms with Gasteiger partial charge in [-0.15, -0.1) is 0 Å². The molecule has 3 atom stereocenters. The molecular formula is C28H27NO6. The van der Waals surface area contributed by atoms with Crippen molar-refractivity contribution in [3.05, 3.63) is 47.5 Å². The Hall–Kier alpha value is -3.61. The van der Waals surface area contributed by atoms with Gasteiger partial charge in [-0.2, -0.15) is 0 Å². The summed E-state index contributed by atoms with van der Waals surface area (Å²) in [5.41, 5.74) is 2.72. The Labute approximate surface area is 202 Å². The van der Waals surface area contributed by atoms with E-state index in [4.69, 9.17) is 14.3 Å². The number of esters is 1. The van der Waals surface area contributed by atoms with Gasteiger partial charge in [0.05, 0.1) is 11.3 Å². The van der Waals surface area contributed by atoms with Crippen molar-refractivity contribution in [2.24, 2.45) is 17.8 Å². The van der Waals surface area contributed by atoms with Crippen molar-refractivity contribution in [2.45, 2.75) is 51.7 Å². The number of cyclic esters (lactones) is 1. The summed E-state index contributed by atoms with van der Waals surface area (Å²) in [6, 6.07) is 8.90. The second-order valence-electron chi connectivity index (χ2n) is 10.1. The number of furan rings is 1. The Morgan fingerprint density at radius 3 is 2.34 bits per heavy atom. The fourth-order valence-electron chi connectivity index (χ4n) is 6.04. The van der Waals surface area contributed by atoms with Crippen molar-refractivity contribution in [2.75, 3.05) is 4.90 Å². The highest BCUT2D eigenvalue weighted by Crippen LogP contribution is 2.46. The van der Waals surface area contributed by atoms with Gasteiger partial charge in [-0.25, -0.2) is 9.59 Å². The summed E-state index contributed by atoms with van der Waals surface area (Å²) in [4.78, 5) is 39.2. The van der Waals surface area contributed by atoms with Crippen LogP contribution in [0.2, 0.25) is 0 Å². The van der Waals surface area contributed by atoms with Crippen molar-refractivity contribution in [3.8, 4) is 0 Å². The number of fused-ring (bicyclic) bond motifs is 5. The van der Waals surface area contributed by atoms with Crippen LogP contribution in [0.4, 0.5) is 5.69 Å². The van der Waals surface area contributed by atoms with Gasteiger partial charge in [0.2, 0.25) is 5.91 Å². The van der Waals surface area contributed by atoms with E-state index in [1.807, 2.05) is 12.1 Å². The van der Waals surface area contributed by atoms with Gasteiger partial charge >= 0.3 is 11.9 Å². The number of carbonyl (C=O) groups excluding carboxylic acids is 2. The van der Waals surface area contributed by atoms with Gasteiger partial charge in [-0.3, -0.25) is 9.69 Å². The molecule has 0 spiro atoms. The summed E-state index contributed by atoms with van der Waals surface area (Å²) in [7, 11) is 0. The maximum atomic E-state index is 13.8. The van der Waals surface area contributed by atoms with Gasteiger partial charge in [0.1, 0.15) is 11.2 Å². The van der Waals surface area contributed by atoms with Gasteiger partial charge < -0.3 is 14.3 Å². The molecule has 2 saturated carbocycles. The number of ether oxygens (including phenoxy) is 1. The molecule has 2 aromatic carbocycles. The van der Waals surface area contributed by atoms with E-state index >= 15 is 0 Å². The zero-order valence-corrected chi connectivity index (χ0v) is 19.5. The maximum Gasteiger partial charge on any atom is 0.342 e. The van der Waals surface area contributed by atoms with E-state index in [2.05, 4.69) is 0 Å². The second kappa shape index (κ2) is 8.26. The van der Waals surface area contributed by atoms with E-state index < -0.39 is 18.2 Å². The Morgan fingerprint density at radius 2 is 1.66 bits per heavy atom. The molecule has 3 unspecified atom stereocenters. The summed E-state index contributed by atoms with van der Waals surface area (Å²) < 4.78 is 11.6. The van der Waals surface area contributed by atoms with Crippen molar-refractivity contribution in [1.29, 1.82) is 0 Å². The summed E-state index contributed by atoms with van der Waals surface area (Å²) in [5.74, 6) is -0.0229.